The van der Waals surface area contributed by atoms with Crippen molar-refractivity contribution in [3.05, 3.63) is 18.1 Å². The highest BCUT2D eigenvalue weighted by Gasteiger charge is 2.06. The van der Waals surface area contributed by atoms with Crippen molar-refractivity contribution >= 4 is 5.82 Å². The van der Waals surface area contributed by atoms with E-state index in [1.54, 1.807) is 0 Å². The van der Waals surface area contributed by atoms with Gasteiger partial charge >= 0.3 is 0 Å². The molecule has 1 rings (SSSR count). The highest BCUT2D eigenvalue weighted by atomic mass is 15.2. The molecule has 0 aliphatic carbocycles. The Kier molecular flexibility index (Phi) is 3.59. The van der Waals surface area contributed by atoms with Gasteiger partial charge in [0.2, 0.25) is 0 Å². The minimum Gasteiger partial charge on any atom is -0.329 e. The lowest BCUT2D eigenvalue weighted by atomic mass is 10.4. The molecule has 6 nitrogen and oxygen atoms in total. The predicted octanol–water partition coefficient (Wildman–Crippen LogP) is 0.202. The third kappa shape index (κ3) is 2.65. The maximum absolute atomic E-state index is 8.52. The lowest BCUT2D eigenvalue weighted by Gasteiger charge is -2.15. The van der Waals surface area contributed by atoms with Crippen LogP contribution in [0.15, 0.2) is 12.4 Å². The van der Waals surface area contributed by atoms with Crippen LogP contribution in [-0.4, -0.2) is 23.1 Å². The molecule has 0 amide bonds. The second-order valence-electron chi connectivity index (χ2n) is 2.54. The fourth-order valence-corrected chi connectivity index (χ4v) is 0.931. The molecular weight excluding hydrogens is 192 g/mol. The number of nitriles is 3. The van der Waals surface area contributed by atoms with Crippen LogP contribution < -0.4 is 4.90 Å². The Morgan fingerprint density at radius 1 is 1.07 bits per heavy atom. The zero-order valence-electron chi connectivity index (χ0n) is 7.75. The van der Waals surface area contributed by atoms with Gasteiger partial charge in [0, 0.05) is 0 Å². The molecule has 72 valence electrons. The summed E-state index contributed by atoms with van der Waals surface area (Å²) in [5.41, 5.74) is 0.201. The summed E-state index contributed by atoms with van der Waals surface area (Å²) in [5.74, 6) is 0.414. The molecule has 1 heterocycles. The van der Waals surface area contributed by atoms with Gasteiger partial charge < -0.3 is 4.90 Å². The van der Waals surface area contributed by atoms with Crippen molar-refractivity contribution in [1.82, 2.24) is 9.97 Å². The first-order chi connectivity index (χ1) is 7.31. The fourth-order valence-electron chi connectivity index (χ4n) is 0.931. The van der Waals surface area contributed by atoms with Crippen molar-refractivity contribution in [3.8, 4) is 18.2 Å². The van der Waals surface area contributed by atoms with Crippen LogP contribution in [0.1, 0.15) is 5.69 Å². The van der Waals surface area contributed by atoms with Crippen LogP contribution in [0.2, 0.25) is 0 Å². The van der Waals surface area contributed by atoms with E-state index in [0.717, 1.165) is 0 Å². The molecule has 15 heavy (non-hydrogen) atoms. The summed E-state index contributed by atoms with van der Waals surface area (Å²) in [6.45, 7) is 0.127. The second-order valence-corrected chi connectivity index (χ2v) is 2.54. The largest absolute Gasteiger partial charge is 0.329 e. The highest BCUT2D eigenvalue weighted by molar-refractivity contribution is 5.39. The number of aromatic nitrogens is 2. The summed E-state index contributed by atoms with van der Waals surface area (Å²) in [6, 6.07) is 5.68. The average molecular weight is 198 g/mol. The Morgan fingerprint density at radius 3 is 2.13 bits per heavy atom. The van der Waals surface area contributed by atoms with Crippen molar-refractivity contribution in [3.63, 3.8) is 0 Å². The van der Waals surface area contributed by atoms with E-state index in [9.17, 15) is 0 Å². The lowest BCUT2D eigenvalue weighted by molar-refractivity contribution is 0.922. The molecule has 6 heteroatoms. The van der Waals surface area contributed by atoms with Gasteiger partial charge in [0.25, 0.3) is 0 Å². The molecule has 0 spiro atoms. The smallest absolute Gasteiger partial charge is 0.158 e. The van der Waals surface area contributed by atoms with Gasteiger partial charge in [0.05, 0.1) is 24.5 Å². The Labute approximate surface area is 86.6 Å². The van der Waals surface area contributed by atoms with Gasteiger partial charge in [-0.25, -0.2) is 9.97 Å². The van der Waals surface area contributed by atoms with Crippen LogP contribution in [0.4, 0.5) is 5.82 Å². The molecule has 0 saturated heterocycles. The first-order valence-corrected chi connectivity index (χ1v) is 4.02. The zero-order valence-corrected chi connectivity index (χ0v) is 7.75. The van der Waals surface area contributed by atoms with Crippen LogP contribution >= 0.6 is 0 Å². The van der Waals surface area contributed by atoms with Gasteiger partial charge in [-0.05, 0) is 0 Å². The van der Waals surface area contributed by atoms with Gasteiger partial charge in [0.15, 0.2) is 5.69 Å². The maximum atomic E-state index is 8.52. The van der Waals surface area contributed by atoms with Gasteiger partial charge in [-0.15, -0.1) is 0 Å². The summed E-state index contributed by atoms with van der Waals surface area (Å²) in [6.07, 6.45) is 2.67. The minimum absolute atomic E-state index is 0.0636. The molecular formula is C9H6N6. The summed E-state index contributed by atoms with van der Waals surface area (Å²) in [5, 5.41) is 25.6. The molecule has 0 aliphatic rings. The SMILES string of the molecule is N#CCN(CC#N)c1cnc(C#N)cn1. The van der Waals surface area contributed by atoms with E-state index >= 15 is 0 Å². The first kappa shape index (κ1) is 10.4. The Morgan fingerprint density at radius 2 is 1.73 bits per heavy atom. The average Bonchev–Trinajstić information content (AvgIpc) is 2.29. The molecule has 1 aromatic rings. The van der Waals surface area contributed by atoms with E-state index in [0.29, 0.717) is 5.82 Å². The normalized spacial score (nSPS) is 8.33. The molecule has 0 saturated carbocycles. The standard InChI is InChI=1S/C9H6N6/c10-1-3-15(4-2-11)9-7-13-8(5-12)6-14-9/h6-7H,3-4H2. The van der Waals surface area contributed by atoms with Gasteiger partial charge in [-0.2, -0.15) is 15.8 Å². The number of hydrogen-bond donors (Lipinski definition) is 0. The minimum atomic E-state index is 0.0636. The molecule has 0 fully saturated rings. The van der Waals surface area contributed by atoms with Crippen LogP contribution in [0.3, 0.4) is 0 Å². The van der Waals surface area contributed by atoms with Crippen LogP contribution in [0.5, 0.6) is 0 Å². The summed E-state index contributed by atoms with van der Waals surface area (Å²) in [7, 11) is 0. The van der Waals surface area contributed by atoms with E-state index in [4.69, 9.17) is 15.8 Å². The quantitative estimate of drug-likeness (QED) is 0.643. The third-order valence-corrected chi connectivity index (χ3v) is 1.60. The van der Waals surface area contributed by atoms with E-state index in [1.165, 1.54) is 17.3 Å². The second kappa shape index (κ2) is 5.16. The van der Waals surface area contributed by atoms with Crippen molar-refractivity contribution in [2.45, 2.75) is 0 Å². The maximum Gasteiger partial charge on any atom is 0.158 e. The zero-order chi connectivity index (χ0) is 11.1. The first-order valence-electron chi connectivity index (χ1n) is 4.02. The van der Waals surface area contributed by atoms with E-state index in [1.807, 2.05) is 18.2 Å². The van der Waals surface area contributed by atoms with Gasteiger partial charge in [-0.3, -0.25) is 0 Å². The fraction of sp³-hybridized carbons (Fsp3) is 0.222. The number of nitrogens with zero attached hydrogens (tertiary/aromatic N) is 6. The van der Waals surface area contributed by atoms with Crippen LogP contribution in [0.25, 0.3) is 0 Å². The Hall–Kier alpha value is -2.65. The summed E-state index contributed by atoms with van der Waals surface area (Å²) >= 11 is 0. The number of anilines is 1. The monoisotopic (exact) mass is 198 g/mol. The van der Waals surface area contributed by atoms with Crippen molar-refractivity contribution in [1.29, 1.82) is 15.8 Å². The van der Waals surface area contributed by atoms with Crippen molar-refractivity contribution in [2.24, 2.45) is 0 Å². The predicted molar refractivity (Wildman–Crippen MR) is 50.2 cm³/mol. The molecule has 1 aromatic heterocycles. The summed E-state index contributed by atoms with van der Waals surface area (Å²) < 4.78 is 0. The van der Waals surface area contributed by atoms with E-state index < -0.39 is 0 Å². The van der Waals surface area contributed by atoms with Gasteiger partial charge in [-0.1, -0.05) is 0 Å². The van der Waals surface area contributed by atoms with Crippen molar-refractivity contribution in [2.75, 3.05) is 18.0 Å². The molecule has 0 aromatic carbocycles. The Balaban J connectivity index is 2.89. The lowest BCUT2D eigenvalue weighted by Crippen LogP contribution is -2.24. The van der Waals surface area contributed by atoms with Crippen molar-refractivity contribution < 1.29 is 0 Å². The Bertz CT molecular complexity index is 427. The molecule has 0 atom stereocenters. The van der Waals surface area contributed by atoms with Crippen LogP contribution in [-0.2, 0) is 0 Å². The molecule has 0 radical (unpaired) electrons. The van der Waals surface area contributed by atoms with E-state index in [2.05, 4.69) is 9.97 Å². The van der Waals surface area contributed by atoms with Gasteiger partial charge in [0.1, 0.15) is 25.0 Å². The molecule has 0 aliphatic heterocycles. The topological polar surface area (TPSA) is 100 Å². The highest BCUT2D eigenvalue weighted by Crippen LogP contribution is 2.07. The van der Waals surface area contributed by atoms with E-state index in [-0.39, 0.29) is 18.8 Å². The van der Waals surface area contributed by atoms with Crippen LogP contribution in [0, 0.1) is 34.0 Å². The third-order valence-electron chi connectivity index (χ3n) is 1.60. The summed E-state index contributed by atoms with van der Waals surface area (Å²) in [4.78, 5) is 9.19. The molecule has 0 unspecified atom stereocenters. The molecule has 0 bridgehead atoms. The molecule has 0 N–H and O–H groups in total. The number of rotatable bonds is 3. The number of hydrogen-bond acceptors (Lipinski definition) is 6.